The Morgan fingerprint density at radius 1 is 1.10 bits per heavy atom. The number of nitro groups is 1. The zero-order chi connectivity index (χ0) is 20.7. The number of imidazole rings is 1. The molecule has 5 rings (SSSR count). The number of hydrogen-bond acceptors (Lipinski definition) is 5. The number of benzene rings is 2. The summed E-state index contributed by atoms with van der Waals surface area (Å²) in [5.41, 5.74) is 3.74. The van der Waals surface area contributed by atoms with E-state index < -0.39 is 10.8 Å². The number of hydrogen-bond donors (Lipinski definition) is 2. The lowest BCUT2D eigenvalue weighted by Crippen LogP contribution is -2.13. The van der Waals surface area contributed by atoms with Crippen molar-refractivity contribution in [3.8, 4) is 11.4 Å². The Kier molecular flexibility index (Phi) is 4.55. The number of aromatic amines is 1. The van der Waals surface area contributed by atoms with Gasteiger partial charge in [0.15, 0.2) is 0 Å². The summed E-state index contributed by atoms with van der Waals surface area (Å²) >= 11 is 1.54. The molecule has 2 aromatic carbocycles. The van der Waals surface area contributed by atoms with Crippen molar-refractivity contribution in [3.63, 3.8) is 0 Å². The van der Waals surface area contributed by atoms with E-state index in [9.17, 15) is 14.9 Å². The number of carbonyl (C=O) groups excluding carboxylic acids is 1. The maximum atomic E-state index is 13.0. The normalized spacial score (nSPS) is 13.2. The number of aryl methyl sites for hydroxylation is 1. The van der Waals surface area contributed by atoms with Crippen molar-refractivity contribution in [2.24, 2.45) is 0 Å². The van der Waals surface area contributed by atoms with Crippen LogP contribution < -0.4 is 5.32 Å². The minimum atomic E-state index is -0.533. The number of nitrogens with one attached hydrogen (secondary N) is 2. The number of amides is 1. The molecule has 7 nitrogen and oxygen atoms in total. The molecule has 2 N–H and O–H groups in total. The Morgan fingerprint density at radius 2 is 1.87 bits per heavy atom. The molecule has 0 bridgehead atoms. The zero-order valence-corrected chi connectivity index (χ0v) is 16.8. The lowest BCUT2D eigenvalue weighted by molar-refractivity contribution is -0.385. The predicted octanol–water partition coefficient (Wildman–Crippen LogP) is 5.33. The first-order valence-corrected chi connectivity index (χ1v) is 10.6. The van der Waals surface area contributed by atoms with Gasteiger partial charge in [0.1, 0.15) is 16.4 Å². The van der Waals surface area contributed by atoms with Crippen LogP contribution in [-0.2, 0) is 12.8 Å². The first-order valence-electron chi connectivity index (χ1n) is 9.76. The van der Waals surface area contributed by atoms with Crippen molar-refractivity contribution in [1.29, 1.82) is 0 Å². The van der Waals surface area contributed by atoms with Crippen molar-refractivity contribution in [3.05, 3.63) is 74.6 Å². The van der Waals surface area contributed by atoms with Crippen molar-refractivity contribution in [2.45, 2.75) is 25.7 Å². The summed E-state index contributed by atoms with van der Waals surface area (Å²) in [7, 11) is 0. The minimum Gasteiger partial charge on any atom is -0.338 e. The number of para-hydroxylation sites is 3. The number of carbonyl (C=O) groups is 1. The molecule has 0 atom stereocenters. The maximum Gasteiger partial charge on any atom is 0.282 e. The van der Waals surface area contributed by atoms with Crippen LogP contribution in [0.2, 0.25) is 0 Å². The van der Waals surface area contributed by atoms with E-state index in [2.05, 4.69) is 10.3 Å². The van der Waals surface area contributed by atoms with Crippen LogP contribution in [0.1, 0.15) is 33.6 Å². The van der Waals surface area contributed by atoms with E-state index in [0.29, 0.717) is 10.8 Å². The number of nitro benzene ring substituents is 1. The molecule has 2 heterocycles. The summed E-state index contributed by atoms with van der Waals surface area (Å²) in [5, 5.41) is 15.0. The Balaban J connectivity index is 1.60. The number of rotatable bonds is 4. The molecule has 0 fully saturated rings. The Hall–Kier alpha value is -3.52. The Morgan fingerprint density at radius 3 is 2.70 bits per heavy atom. The first kappa shape index (κ1) is 18.5. The summed E-state index contributed by atoms with van der Waals surface area (Å²) in [6.07, 6.45) is 4.10. The second-order valence-electron chi connectivity index (χ2n) is 7.25. The van der Waals surface area contributed by atoms with Gasteiger partial charge in [-0.05, 0) is 49.4 Å². The average molecular weight is 418 g/mol. The van der Waals surface area contributed by atoms with Crippen LogP contribution >= 0.6 is 11.3 Å². The summed E-state index contributed by atoms with van der Waals surface area (Å²) in [6.45, 7) is 0. The molecule has 0 aliphatic heterocycles. The third-order valence-corrected chi connectivity index (χ3v) is 6.58. The molecule has 8 heteroatoms. The highest BCUT2D eigenvalue weighted by molar-refractivity contribution is 7.17. The highest BCUT2D eigenvalue weighted by Gasteiger charge is 2.27. The van der Waals surface area contributed by atoms with Crippen molar-refractivity contribution >= 4 is 39.0 Å². The van der Waals surface area contributed by atoms with Crippen LogP contribution in [0.5, 0.6) is 0 Å². The number of thiophene rings is 1. The largest absolute Gasteiger partial charge is 0.338 e. The smallest absolute Gasteiger partial charge is 0.282 e. The molecule has 4 aromatic rings. The maximum absolute atomic E-state index is 13.0. The number of anilines is 1. The summed E-state index contributed by atoms with van der Waals surface area (Å²) in [6, 6.07) is 13.8. The van der Waals surface area contributed by atoms with Gasteiger partial charge in [0.05, 0.1) is 21.5 Å². The highest BCUT2D eigenvalue weighted by atomic mass is 32.1. The molecule has 30 heavy (non-hydrogen) atoms. The summed E-state index contributed by atoms with van der Waals surface area (Å²) < 4.78 is 0. The Bertz CT molecular complexity index is 1260. The van der Waals surface area contributed by atoms with Gasteiger partial charge in [-0.2, -0.15) is 0 Å². The summed E-state index contributed by atoms with van der Waals surface area (Å²) in [4.78, 5) is 33.1. The molecule has 0 unspecified atom stereocenters. The molecule has 150 valence electrons. The van der Waals surface area contributed by atoms with Gasteiger partial charge in [0, 0.05) is 10.9 Å². The van der Waals surface area contributed by atoms with E-state index in [4.69, 9.17) is 4.98 Å². The van der Waals surface area contributed by atoms with Gasteiger partial charge in [-0.1, -0.05) is 24.3 Å². The van der Waals surface area contributed by atoms with Gasteiger partial charge in [-0.25, -0.2) is 4.98 Å². The van der Waals surface area contributed by atoms with Gasteiger partial charge in [0.2, 0.25) is 0 Å². The number of nitrogens with zero attached hydrogens (tertiary/aromatic N) is 2. The van der Waals surface area contributed by atoms with Crippen molar-refractivity contribution < 1.29 is 9.72 Å². The van der Waals surface area contributed by atoms with E-state index >= 15 is 0 Å². The van der Waals surface area contributed by atoms with Gasteiger partial charge in [-0.3, -0.25) is 14.9 Å². The molecule has 0 spiro atoms. The molecular formula is C22H18N4O3S. The van der Waals surface area contributed by atoms with Crippen molar-refractivity contribution in [1.82, 2.24) is 9.97 Å². The van der Waals surface area contributed by atoms with E-state index in [1.807, 2.05) is 24.3 Å². The fraction of sp³-hybridized carbons (Fsp3) is 0.182. The van der Waals surface area contributed by atoms with E-state index in [1.165, 1.54) is 22.6 Å². The van der Waals surface area contributed by atoms with Crippen LogP contribution in [0.3, 0.4) is 0 Å². The van der Waals surface area contributed by atoms with Crippen molar-refractivity contribution in [2.75, 3.05) is 5.32 Å². The topological polar surface area (TPSA) is 101 Å². The van der Waals surface area contributed by atoms with Crippen LogP contribution in [0.25, 0.3) is 22.4 Å². The lowest BCUT2D eigenvalue weighted by atomic mass is 9.95. The second kappa shape index (κ2) is 7.38. The van der Waals surface area contributed by atoms with Gasteiger partial charge < -0.3 is 10.3 Å². The molecule has 1 amide bonds. The first-order chi connectivity index (χ1) is 14.6. The SMILES string of the molecule is O=C(Nc1sc2c(c1-c1nc3ccccc3[nH]1)CCCC2)c1ccccc1[N+](=O)[O-]. The molecule has 1 aliphatic carbocycles. The van der Waals surface area contributed by atoms with E-state index in [0.717, 1.165) is 42.3 Å². The Labute approximate surface area is 175 Å². The summed E-state index contributed by atoms with van der Waals surface area (Å²) in [5.74, 6) is 0.228. The second-order valence-corrected chi connectivity index (χ2v) is 8.35. The lowest BCUT2D eigenvalue weighted by Gasteiger charge is -2.12. The third-order valence-electron chi connectivity index (χ3n) is 5.37. The van der Waals surface area contributed by atoms with Gasteiger partial charge in [-0.15, -0.1) is 11.3 Å². The van der Waals surface area contributed by atoms with Crippen LogP contribution in [0, 0.1) is 10.1 Å². The quantitative estimate of drug-likeness (QED) is 0.345. The van der Waals surface area contributed by atoms with Crippen LogP contribution in [0.15, 0.2) is 48.5 Å². The standard InChI is InChI=1S/C22H18N4O3S/c27-21(13-7-1-5-11-17(13)26(28)29)25-22-19(14-8-2-6-12-18(14)30-22)20-23-15-9-3-4-10-16(15)24-20/h1,3-5,7,9-11H,2,6,8,12H2,(H,23,24)(H,25,27). The van der Waals surface area contributed by atoms with Crippen LogP contribution in [0.4, 0.5) is 10.7 Å². The van der Waals surface area contributed by atoms with E-state index in [1.54, 1.807) is 23.5 Å². The van der Waals surface area contributed by atoms with Crippen LogP contribution in [-0.4, -0.2) is 20.8 Å². The number of H-pyrrole nitrogens is 1. The van der Waals surface area contributed by atoms with Gasteiger partial charge in [0.25, 0.3) is 11.6 Å². The predicted molar refractivity (Wildman–Crippen MR) is 117 cm³/mol. The molecule has 0 radical (unpaired) electrons. The zero-order valence-electron chi connectivity index (χ0n) is 16.0. The third kappa shape index (κ3) is 3.15. The number of fused-ring (bicyclic) bond motifs is 2. The van der Waals surface area contributed by atoms with E-state index in [-0.39, 0.29) is 11.3 Å². The molecule has 0 saturated carbocycles. The minimum absolute atomic E-state index is 0.0458. The molecule has 2 aromatic heterocycles. The van der Waals surface area contributed by atoms with Gasteiger partial charge >= 0.3 is 0 Å². The fourth-order valence-electron chi connectivity index (χ4n) is 3.97. The fourth-order valence-corrected chi connectivity index (χ4v) is 5.26. The molecule has 0 saturated heterocycles. The average Bonchev–Trinajstić information content (AvgIpc) is 3.34. The highest BCUT2D eigenvalue weighted by Crippen LogP contribution is 2.44. The number of aromatic nitrogens is 2. The molecular weight excluding hydrogens is 400 g/mol. The molecule has 1 aliphatic rings. The monoisotopic (exact) mass is 418 g/mol.